The minimum atomic E-state index is -0.781. The molecule has 0 aliphatic rings. The summed E-state index contributed by atoms with van der Waals surface area (Å²) in [7, 11) is 1.78. The third-order valence-corrected chi connectivity index (χ3v) is 3.44. The van der Waals surface area contributed by atoms with Gasteiger partial charge in [-0.05, 0) is 44.5 Å². The van der Waals surface area contributed by atoms with Crippen molar-refractivity contribution < 1.29 is 14.6 Å². The van der Waals surface area contributed by atoms with Crippen LogP contribution in [-0.4, -0.2) is 33.4 Å². The first-order chi connectivity index (χ1) is 10.9. The highest BCUT2D eigenvalue weighted by atomic mass is 16.5. The molecule has 23 heavy (non-hydrogen) atoms. The molecule has 0 aliphatic carbocycles. The summed E-state index contributed by atoms with van der Waals surface area (Å²) in [5, 5.41) is 17.0. The molecule has 0 radical (unpaired) electrons. The molecule has 1 heterocycles. The second-order valence-corrected chi connectivity index (χ2v) is 5.76. The highest BCUT2D eigenvalue weighted by Gasteiger charge is 2.14. The Kier molecular flexibility index (Phi) is 5.39. The summed E-state index contributed by atoms with van der Waals surface area (Å²) in [5.41, 5.74) is 1.97. The van der Waals surface area contributed by atoms with E-state index in [1.807, 2.05) is 32.9 Å². The number of aliphatic hydroxyl groups is 1. The molecule has 124 valence electrons. The van der Waals surface area contributed by atoms with Crippen LogP contribution in [0.2, 0.25) is 0 Å². The van der Waals surface area contributed by atoms with Gasteiger partial charge < -0.3 is 15.2 Å². The summed E-state index contributed by atoms with van der Waals surface area (Å²) in [5.74, 6) is 0.455. The molecule has 2 rings (SSSR count). The molecule has 0 spiro atoms. The number of aromatic nitrogens is 2. The Morgan fingerprint density at radius 2 is 2.00 bits per heavy atom. The number of ether oxygens (including phenoxy) is 1. The standard InChI is InChI=1S/C17H23N3O3/c1-11(2)23-14-7-5-13(6-8-14)16(21)10-18-17(22)15-9-12(3)20(4)19-15/h5-9,11,16,21H,10H2,1-4H3,(H,18,22). The van der Waals surface area contributed by atoms with Crippen LogP contribution in [0.4, 0.5) is 0 Å². The maximum Gasteiger partial charge on any atom is 0.271 e. The molecule has 2 aromatic rings. The third kappa shape index (κ3) is 4.56. The lowest BCUT2D eigenvalue weighted by molar-refractivity contribution is 0.0910. The number of carbonyl (C=O) groups is 1. The van der Waals surface area contributed by atoms with E-state index in [1.54, 1.807) is 29.9 Å². The van der Waals surface area contributed by atoms with E-state index in [4.69, 9.17) is 4.74 Å². The quantitative estimate of drug-likeness (QED) is 0.854. The van der Waals surface area contributed by atoms with Crippen LogP contribution < -0.4 is 10.1 Å². The Morgan fingerprint density at radius 1 is 1.35 bits per heavy atom. The second-order valence-electron chi connectivity index (χ2n) is 5.76. The molecule has 1 unspecified atom stereocenters. The summed E-state index contributed by atoms with van der Waals surface area (Å²) >= 11 is 0. The number of benzene rings is 1. The largest absolute Gasteiger partial charge is 0.491 e. The van der Waals surface area contributed by atoms with Gasteiger partial charge in [0.2, 0.25) is 0 Å². The molecule has 2 N–H and O–H groups in total. The zero-order chi connectivity index (χ0) is 17.0. The third-order valence-electron chi connectivity index (χ3n) is 3.44. The highest BCUT2D eigenvalue weighted by molar-refractivity contribution is 5.92. The molecule has 6 heteroatoms. The number of amides is 1. The summed E-state index contributed by atoms with van der Waals surface area (Å²) in [6.07, 6.45) is -0.677. The molecule has 1 aromatic carbocycles. The predicted molar refractivity (Wildman–Crippen MR) is 87.4 cm³/mol. The molecule has 0 fully saturated rings. The van der Waals surface area contributed by atoms with Gasteiger partial charge in [0.05, 0.1) is 12.2 Å². The van der Waals surface area contributed by atoms with Crippen LogP contribution in [0.25, 0.3) is 0 Å². The zero-order valence-electron chi connectivity index (χ0n) is 13.9. The monoisotopic (exact) mass is 317 g/mol. The first-order valence-corrected chi connectivity index (χ1v) is 7.60. The summed E-state index contributed by atoms with van der Waals surface area (Å²) in [6.45, 7) is 5.91. The van der Waals surface area contributed by atoms with Crippen LogP contribution in [0.15, 0.2) is 30.3 Å². The van der Waals surface area contributed by atoms with Crippen molar-refractivity contribution in [2.75, 3.05) is 6.54 Å². The van der Waals surface area contributed by atoms with E-state index in [-0.39, 0.29) is 18.6 Å². The van der Waals surface area contributed by atoms with Crippen LogP contribution in [-0.2, 0) is 7.05 Å². The molecule has 0 bridgehead atoms. The first-order valence-electron chi connectivity index (χ1n) is 7.60. The van der Waals surface area contributed by atoms with E-state index < -0.39 is 6.10 Å². The van der Waals surface area contributed by atoms with Crippen molar-refractivity contribution in [1.29, 1.82) is 0 Å². The normalized spacial score (nSPS) is 12.3. The van der Waals surface area contributed by atoms with Gasteiger partial charge in [0.15, 0.2) is 0 Å². The van der Waals surface area contributed by atoms with E-state index >= 15 is 0 Å². The lowest BCUT2D eigenvalue weighted by Crippen LogP contribution is -2.28. The van der Waals surface area contributed by atoms with Gasteiger partial charge in [0.1, 0.15) is 11.4 Å². The lowest BCUT2D eigenvalue weighted by atomic mass is 10.1. The van der Waals surface area contributed by atoms with Crippen molar-refractivity contribution in [3.63, 3.8) is 0 Å². The topological polar surface area (TPSA) is 76.4 Å². The number of aryl methyl sites for hydroxylation is 2. The zero-order valence-corrected chi connectivity index (χ0v) is 13.9. The number of nitrogens with one attached hydrogen (secondary N) is 1. The molecule has 6 nitrogen and oxygen atoms in total. The van der Waals surface area contributed by atoms with E-state index in [0.717, 1.165) is 17.0 Å². The van der Waals surface area contributed by atoms with Crippen molar-refractivity contribution in [2.24, 2.45) is 7.05 Å². The van der Waals surface area contributed by atoms with E-state index in [2.05, 4.69) is 10.4 Å². The van der Waals surface area contributed by atoms with Crippen LogP contribution >= 0.6 is 0 Å². The van der Waals surface area contributed by atoms with Gasteiger partial charge in [-0.2, -0.15) is 5.10 Å². The van der Waals surface area contributed by atoms with E-state index in [1.165, 1.54) is 0 Å². The fraction of sp³-hybridized carbons (Fsp3) is 0.412. The van der Waals surface area contributed by atoms with Gasteiger partial charge in [-0.25, -0.2) is 0 Å². The Bertz CT molecular complexity index is 643. The Morgan fingerprint density at radius 3 is 2.52 bits per heavy atom. The minimum absolute atomic E-state index is 0.104. The van der Waals surface area contributed by atoms with Crippen molar-refractivity contribution in [3.05, 3.63) is 47.3 Å². The molecular formula is C17H23N3O3. The number of hydrogen-bond donors (Lipinski definition) is 2. The van der Waals surface area contributed by atoms with Crippen LogP contribution in [0.3, 0.4) is 0 Å². The predicted octanol–water partition coefficient (Wildman–Crippen LogP) is 1.98. The molecular weight excluding hydrogens is 294 g/mol. The number of aliphatic hydroxyl groups excluding tert-OH is 1. The fourth-order valence-corrected chi connectivity index (χ4v) is 2.11. The Labute approximate surface area is 136 Å². The molecule has 0 aliphatic heterocycles. The van der Waals surface area contributed by atoms with Crippen molar-refractivity contribution in [2.45, 2.75) is 33.0 Å². The lowest BCUT2D eigenvalue weighted by Gasteiger charge is -2.14. The first kappa shape index (κ1) is 17.0. The number of hydrogen-bond acceptors (Lipinski definition) is 4. The highest BCUT2D eigenvalue weighted by Crippen LogP contribution is 2.18. The second kappa shape index (κ2) is 7.28. The van der Waals surface area contributed by atoms with Crippen LogP contribution in [0.5, 0.6) is 5.75 Å². The van der Waals surface area contributed by atoms with Gasteiger partial charge in [0, 0.05) is 19.3 Å². The minimum Gasteiger partial charge on any atom is -0.491 e. The van der Waals surface area contributed by atoms with Crippen LogP contribution in [0.1, 0.15) is 41.7 Å². The molecule has 1 aromatic heterocycles. The average molecular weight is 317 g/mol. The number of carbonyl (C=O) groups excluding carboxylic acids is 1. The molecule has 0 saturated heterocycles. The van der Waals surface area contributed by atoms with Gasteiger partial charge in [-0.3, -0.25) is 9.48 Å². The van der Waals surface area contributed by atoms with Gasteiger partial charge in [-0.15, -0.1) is 0 Å². The Hall–Kier alpha value is -2.34. The fourth-order valence-electron chi connectivity index (χ4n) is 2.11. The molecule has 1 atom stereocenters. The van der Waals surface area contributed by atoms with Crippen molar-refractivity contribution in [3.8, 4) is 5.75 Å². The average Bonchev–Trinajstić information content (AvgIpc) is 2.84. The summed E-state index contributed by atoms with van der Waals surface area (Å²) < 4.78 is 7.19. The van der Waals surface area contributed by atoms with Crippen molar-refractivity contribution in [1.82, 2.24) is 15.1 Å². The van der Waals surface area contributed by atoms with Gasteiger partial charge >= 0.3 is 0 Å². The van der Waals surface area contributed by atoms with Crippen molar-refractivity contribution >= 4 is 5.91 Å². The van der Waals surface area contributed by atoms with E-state index in [9.17, 15) is 9.90 Å². The van der Waals surface area contributed by atoms with Crippen LogP contribution in [0, 0.1) is 6.92 Å². The Balaban J connectivity index is 1.91. The SMILES string of the molecule is Cc1cc(C(=O)NCC(O)c2ccc(OC(C)C)cc2)nn1C. The number of nitrogens with zero attached hydrogens (tertiary/aromatic N) is 2. The van der Waals surface area contributed by atoms with Gasteiger partial charge in [0.25, 0.3) is 5.91 Å². The summed E-state index contributed by atoms with van der Waals surface area (Å²) in [4.78, 5) is 12.0. The maximum absolute atomic E-state index is 12.0. The molecule has 0 saturated carbocycles. The summed E-state index contributed by atoms with van der Waals surface area (Å²) in [6, 6.07) is 8.91. The van der Waals surface area contributed by atoms with Gasteiger partial charge in [-0.1, -0.05) is 12.1 Å². The maximum atomic E-state index is 12.0. The smallest absolute Gasteiger partial charge is 0.271 e. The molecule has 1 amide bonds. The number of rotatable bonds is 6. The van der Waals surface area contributed by atoms with E-state index in [0.29, 0.717) is 5.69 Å².